The Morgan fingerprint density at radius 2 is 2.00 bits per heavy atom. The molecule has 0 atom stereocenters. The second kappa shape index (κ2) is 6.90. The Kier molecular flexibility index (Phi) is 4.93. The summed E-state index contributed by atoms with van der Waals surface area (Å²) in [6.45, 7) is 2.94. The number of aliphatic carboxylic acids is 1. The lowest BCUT2D eigenvalue weighted by Crippen LogP contribution is -2.40. The molecule has 1 aromatic carbocycles. The van der Waals surface area contributed by atoms with Crippen LogP contribution in [0.2, 0.25) is 0 Å². The molecule has 0 saturated carbocycles. The first-order valence-corrected chi connectivity index (χ1v) is 7.13. The zero-order chi connectivity index (χ0) is 17.9. The van der Waals surface area contributed by atoms with Crippen LogP contribution < -0.4 is 0 Å². The summed E-state index contributed by atoms with van der Waals surface area (Å²) in [5.74, 6) is -1.68. The molecule has 1 heterocycles. The molecule has 1 amide bonds. The number of para-hydroxylation sites is 2. The monoisotopic (exact) mass is 332 g/mol. The van der Waals surface area contributed by atoms with Crippen molar-refractivity contribution in [2.24, 2.45) is 0 Å². The molecule has 1 N–H and O–H groups in total. The van der Waals surface area contributed by atoms with Gasteiger partial charge in [0, 0.05) is 18.3 Å². The number of carboxylic acid groups (broad SMARTS) is 1. The van der Waals surface area contributed by atoms with Crippen LogP contribution >= 0.6 is 0 Å². The number of benzene rings is 1. The number of hydrogen-bond acceptors (Lipinski definition) is 5. The van der Waals surface area contributed by atoms with Crippen LogP contribution in [0.1, 0.15) is 24.3 Å². The predicted octanol–water partition coefficient (Wildman–Crippen LogP) is 1.72. The van der Waals surface area contributed by atoms with E-state index in [1.54, 1.807) is 19.9 Å². The van der Waals surface area contributed by atoms with Gasteiger partial charge in [-0.05, 0) is 26.0 Å². The van der Waals surface area contributed by atoms with Crippen molar-refractivity contribution in [2.45, 2.75) is 19.9 Å². The molecular formula is C15H16N4O5. The van der Waals surface area contributed by atoms with Crippen LogP contribution in [0.25, 0.3) is 5.69 Å². The third-order valence-electron chi connectivity index (χ3n) is 3.32. The van der Waals surface area contributed by atoms with Crippen molar-refractivity contribution in [1.82, 2.24) is 14.7 Å². The van der Waals surface area contributed by atoms with Crippen LogP contribution in [0, 0.1) is 10.1 Å². The highest BCUT2D eigenvalue weighted by atomic mass is 16.6. The number of rotatable bonds is 6. The van der Waals surface area contributed by atoms with Crippen LogP contribution in [-0.4, -0.2) is 49.2 Å². The van der Waals surface area contributed by atoms with Gasteiger partial charge in [-0.15, -0.1) is 0 Å². The molecule has 0 aliphatic carbocycles. The van der Waals surface area contributed by atoms with Gasteiger partial charge in [0.05, 0.1) is 4.92 Å². The summed E-state index contributed by atoms with van der Waals surface area (Å²) in [5.41, 5.74) is 0.0878. The molecule has 0 aliphatic rings. The minimum absolute atomic E-state index is 0.0168. The number of hydrogen-bond donors (Lipinski definition) is 1. The van der Waals surface area contributed by atoms with Gasteiger partial charge in [0.15, 0.2) is 5.69 Å². The van der Waals surface area contributed by atoms with Crippen molar-refractivity contribution in [3.05, 3.63) is 52.3 Å². The topological polar surface area (TPSA) is 119 Å². The highest BCUT2D eigenvalue weighted by Gasteiger charge is 2.24. The molecule has 0 fully saturated rings. The number of carbonyl (C=O) groups is 2. The SMILES string of the molecule is CC(C)N(CC(=O)O)C(=O)c1ccn(-c2ccccc2[N+](=O)[O-])n1. The van der Waals surface area contributed by atoms with Gasteiger partial charge >= 0.3 is 5.97 Å². The van der Waals surface area contributed by atoms with Crippen LogP contribution in [-0.2, 0) is 4.79 Å². The van der Waals surface area contributed by atoms with Gasteiger partial charge in [-0.3, -0.25) is 19.7 Å². The number of nitro benzene ring substituents is 1. The zero-order valence-electron chi connectivity index (χ0n) is 13.1. The third-order valence-corrected chi connectivity index (χ3v) is 3.32. The van der Waals surface area contributed by atoms with Crippen molar-refractivity contribution in [3.8, 4) is 5.69 Å². The first-order valence-electron chi connectivity index (χ1n) is 7.13. The second-order valence-corrected chi connectivity index (χ2v) is 5.31. The van der Waals surface area contributed by atoms with E-state index in [-0.39, 0.29) is 23.1 Å². The van der Waals surface area contributed by atoms with Crippen LogP contribution in [0.5, 0.6) is 0 Å². The summed E-state index contributed by atoms with van der Waals surface area (Å²) in [4.78, 5) is 35.0. The van der Waals surface area contributed by atoms with E-state index in [0.717, 1.165) is 4.90 Å². The minimum atomic E-state index is -1.13. The van der Waals surface area contributed by atoms with Gasteiger partial charge in [0.1, 0.15) is 12.2 Å². The molecule has 24 heavy (non-hydrogen) atoms. The molecule has 1 aromatic heterocycles. The number of carbonyl (C=O) groups excluding carboxylic acids is 1. The number of nitrogens with zero attached hydrogens (tertiary/aromatic N) is 4. The molecule has 0 saturated heterocycles. The fraction of sp³-hybridized carbons (Fsp3) is 0.267. The van der Waals surface area contributed by atoms with Crippen molar-refractivity contribution >= 4 is 17.6 Å². The third kappa shape index (κ3) is 3.57. The zero-order valence-corrected chi connectivity index (χ0v) is 13.1. The van der Waals surface area contributed by atoms with E-state index in [2.05, 4.69) is 5.10 Å². The van der Waals surface area contributed by atoms with Crippen LogP contribution in [0.4, 0.5) is 5.69 Å². The molecule has 0 radical (unpaired) electrons. The van der Waals surface area contributed by atoms with Crippen molar-refractivity contribution in [3.63, 3.8) is 0 Å². The average molecular weight is 332 g/mol. The predicted molar refractivity (Wildman–Crippen MR) is 84.0 cm³/mol. The Labute approximate surface area is 137 Å². The molecule has 0 spiro atoms. The first-order chi connectivity index (χ1) is 11.3. The van der Waals surface area contributed by atoms with E-state index in [1.807, 2.05) is 0 Å². The van der Waals surface area contributed by atoms with E-state index < -0.39 is 23.3 Å². The molecule has 126 valence electrons. The molecule has 2 aromatic rings. The Hall–Kier alpha value is -3.23. The highest BCUT2D eigenvalue weighted by Crippen LogP contribution is 2.21. The summed E-state index contributed by atoms with van der Waals surface area (Å²) >= 11 is 0. The normalized spacial score (nSPS) is 10.6. The van der Waals surface area contributed by atoms with Crippen molar-refractivity contribution < 1.29 is 19.6 Å². The Bertz CT molecular complexity index is 784. The Morgan fingerprint density at radius 3 is 2.58 bits per heavy atom. The average Bonchev–Trinajstić information content (AvgIpc) is 3.01. The summed E-state index contributed by atoms with van der Waals surface area (Å²) in [6.07, 6.45) is 1.43. The molecular weight excluding hydrogens is 316 g/mol. The van der Waals surface area contributed by atoms with E-state index in [0.29, 0.717) is 0 Å². The molecule has 9 heteroatoms. The summed E-state index contributed by atoms with van der Waals surface area (Å²) < 4.78 is 1.23. The van der Waals surface area contributed by atoms with Gasteiger partial charge in [-0.2, -0.15) is 5.10 Å². The standard InChI is InChI=1S/C15H16N4O5/c1-10(2)17(9-14(20)21)15(22)11-7-8-18(16-11)12-5-3-4-6-13(12)19(23)24/h3-8,10H,9H2,1-2H3,(H,20,21). The van der Waals surface area contributed by atoms with E-state index in [1.165, 1.54) is 35.1 Å². The van der Waals surface area contributed by atoms with Gasteiger partial charge in [0.2, 0.25) is 0 Å². The molecule has 0 unspecified atom stereocenters. The van der Waals surface area contributed by atoms with Crippen molar-refractivity contribution in [1.29, 1.82) is 0 Å². The van der Waals surface area contributed by atoms with Crippen LogP contribution in [0.3, 0.4) is 0 Å². The quantitative estimate of drug-likeness (QED) is 0.635. The fourth-order valence-corrected chi connectivity index (χ4v) is 2.17. The largest absolute Gasteiger partial charge is 0.480 e. The Balaban J connectivity index is 2.35. The lowest BCUT2D eigenvalue weighted by atomic mass is 10.2. The molecule has 9 nitrogen and oxygen atoms in total. The van der Waals surface area contributed by atoms with Gasteiger partial charge in [-0.25, -0.2) is 4.68 Å². The maximum absolute atomic E-state index is 12.4. The first kappa shape index (κ1) is 17.1. The summed E-state index contributed by atoms with van der Waals surface area (Å²) in [7, 11) is 0. The van der Waals surface area contributed by atoms with Gasteiger partial charge in [0.25, 0.3) is 11.6 Å². The van der Waals surface area contributed by atoms with Crippen LogP contribution in [0.15, 0.2) is 36.5 Å². The number of carboxylic acids is 1. The summed E-state index contributed by atoms with van der Waals surface area (Å²) in [6, 6.07) is 7.07. The van der Waals surface area contributed by atoms with E-state index in [4.69, 9.17) is 5.11 Å². The molecule has 0 bridgehead atoms. The Morgan fingerprint density at radius 1 is 1.33 bits per heavy atom. The van der Waals surface area contributed by atoms with Gasteiger partial charge in [-0.1, -0.05) is 12.1 Å². The smallest absolute Gasteiger partial charge is 0.323 e. The second-order valence-electron chi connectivity index (χ2n) is 5.31. The number of nitro groups is 1. The molecule has 0 aliphatic heterocycles. The van der Waals surface area contributed by atoms with Gasteiger partial charge < -0.3 is 10.0 Å². The maximum Gasteiger partial charge on any atom is 0.323 e. The number of aromatic nitrogens is 2. The minimum Gasteiger partial charge on any atom is -0.480 e. The van der Waals surface area contributed by atoms with E-state index in [9.17, 15) is 19.7 Å². The lowest BCUT2D eigenvalue weighted by molar-refractivity contribution is -0.384. The lowest BCUT2D eigenvalue weighted by Gasteiger charge is -2.23. The highest BCUT2D eigenvalue weighted by molar-refractivity contribution is 5.94. The van der Waals surface area contributed by atoms with E-state index >= 15 is 0 Å². The summed E-state index contributed by atoms with van der Waals surface area (Å²) in [5, 5.41) is 24.1. The van der Waals surface area contributed by atoms with Crippen molar-refractivity contribution in [2.75, 3.05) is 6.54 Å². The maximum atomic E-state index is 12.4. The fourth-order valence-electron chi connectivity index (χ4n) is 2.17. The molecule has 2 rings (SSSR count). The number of amides is 1.